The summed E-state index contributed by atoms with van der Waals surface area (Å²) in [7, 11) is 0. The second kappa shape index (κ2) is 3.35. The third kappa shape index (κ3) is 1.72. The number of aromatic amines is 1. The number of hydrogen-bond acceptors (Lipinski definition) is 2. The van der Waals surface area contributed by atoms with E-state index >= 15 is 0 Å². The van der Waals surface area contributed by atoms with E-state index in [0.717, 1.165) is 12.0 Å². The lowest BCUT2D eigenvalue weighted by molar-refractivity contribution is 0.561. The van der Waals surface area contributed by atoms with E-state index < -0.39 is 0 Å². The van der Waals surface area contributed by atoms with Crippen molar-refractivity contribution < 1.29 is 4.42 Å². The van der Waals surface area contributed by atoms with E-state index in [-0.39, 0.29) is 5.69 Å². The molecule has 0 fully saturated rings. The zero-order valence-electron chi connectivity index (χ0n) is 7.06. The predicted molar refractivity (Wildman–Crippen MR) is 47.5 cm³/mol. The van der Waals surface area contributed by atoms with Crippen LogP contribution in [0.4, 0.5) is 0 Å². The Morgan fingerprint density at radius 2 is 2.46 bits per heavy atom. The smallest absolute Gasteiger partial charge is 0.325 e. The number of aryl methyl sites for hydroxylation is 2. The van der Waals surface area contributed by atoms with Crippen LogP contribution in [0, 0.1) is 0 Å². The summed E-state index contributed by atoms with van der Waals surface area (Å²) in [6.07, 6.45) is 7.52. The maximum absolute atomic E-state index is 11.1. The molecular weight excluding hydrogens is 168 g/mol. The van der Waals surface area contributed by atoms with Gasteiger partial charge in [-0.25, -0.2) is 4.79 Å². The summed E-state index contributed by atoms with van der Waals surface area (Å²) in [6, 6.07) is 1.90. The molecule has 0 aromatic carbocycles. The summed E-state index contributed by atoms with van der Waals surface area (Å²) in [5.41, 5.74) is 1.04. The first kappa shape index (κ1) is 7.91. The monoisotopic (exact) mass is 178 g/mol. The van der Waals surface area contributed by atoms with E-state index in [0.29, 0.717) is 6.54 Å². The van der Waals surface area contributed by atoms with Crippen molar-refractivity contribution in [3.05, 3.63) is 47.0 Å². The molecule has 0 saturated carbocycles. The Hall–Kier alpha value is -1.71. The van der Waals surface area contributed by atoms with Gasteiger partial charge in [-0.2, -0.15) is 0 Å². The fourth-order valence-corrected chi connectivity index (χ4v) is 1.21. The summed E-state index contributed by atoms with van der Waals surface area (Å²) >= 11 is 0. The molecule has 0 amide bonds. The van der Waals surface area contributed by atoms with Gasteiger partial charge >= 0.3 is 5.69 Å². The van der Waals surface area contributed by atoms with Crippen LogP contribution in [-0.2, 0) is 13.0 Å². The lowest BCUT2D eigenvalue weighted by Gasteiger charge is -1.97. The van der Waals surface area contributed by atoms with Crippen molar-refractivity contribution in [1.29, 1.82) is 0 Å². The number of aromatic nitrogens is 2. The highest BCUT2D eigenvalue weighted by atomic mass is 16.3. The third-order valence-corrected chi connectivity index (χ3v) is 1.94. The molecule has 0 unspecified atom stereocenters. The van der Waals surface area contributed by atoms with Crippen molar-refractivity contribution in [1.82, 2.24) is 9.55 Å². The lowest BCUT2D eigenvalue weighted by atomic mass is 10.2. The average Bonchev–Trinajstić information content (AvgIpc) is 2.72. The van der Waals surface area contributed by atoms with Crippen LogP contribution in [0.2, 0.25) is 0 Å². The second-order valence-corrected chi connectivity index (χ2v) is 2.84. The molecule has 0 aliphatic rings. The lowest BCUT2D eigenvalue weighted by Crippen LogP contribution is -2.17. The molecule has 2 aromatic heterocycles. The van der Waals surface area contributed by atoms with Crippen LogP contribution in [0.5, 0.6) is 0 Å². The zero-order valence-corrected chi connectivity index (χ0v) is 7.06. The minimum absolute atomic E-state index is 0.0662. The number of furan rings is 1. The minimum Gasteiger partial charge on any atom is -0.472 e. The molecule has 4 heteroatoms. The van der Waals surface area contributed by atoms with Crippen LogP contribution in [0.15, 0.2) is 40.2 Å². The van der Waals surface area contributed by atoms with Gasteiger partial charge in [0.05, 0.1) is 12.5 Å². The topological polar surface area (TPSA) is 50.9 Å². The highest BCUT2D eigenvalue weighted by Gasteiger charge is 1.97. The molecule has 4 nitrogen and oxygen atoms in total. The number of H-pyrrole nitrogens is 1. The SMILES string of the molecule is O=c1[nH]ccn1CCc1ccoc1. The van der Waals surface area contributed by atoms with Gasteiger partial charge in [0, 0.05) is 18.9 Å². The fourth-order valence-electron chi connectivity index (χ4n) is 1.21. The van der Waals surface area contributed by atoms with Crippen molar-refractivity contribution in [3.63, 3.8) is 0 Å². The van der Waals surface area contributed by atoms with Crippen LogP contribution < -0.4 is 5.69 Å². The van der Waals surface area contributed by atoms with E-state index in [1.807, 2.05) is 6.07 Å². The van der Waals surface area contributed by atoms with E-state index in [4.69, 9.17) is 4.42 Å². The first-order valence-electron chi connectivity index (χ1n) is 4.11. The fraction of sp³-hybridized carbons (Fsp3) is 0.222. The highest BCUT2D eigenvalue weighted by Crippen LogP contribution is 2.01. The molecule has 13 heavy (non-hydrogen) atoms. The van der Waals surface area contributed by atoms with Crippen LogP contribution in [0.1, 0.15) is 5.56 Å². The van der Waals surface area contributed by atoms with Crippen molar-refractivity contribution in [2.45, 2.75) is 13.0 Å². The number of imidazole rings is 1. The maximum atomic E-state index is 11.1. The van der Waals surface area contributed by atoms with E-state index in [1.54, 1.807) is 29.5 Å². The zero-order chi connectivity index (χ0) is 9.10. The Balaban J connectivity index is 2.01. The van der Waals surface area contributed by atoms with Gasteiger partial charge in [0.15, 0.2) is 0 Å². The molecule has 0 aliphatic carbocycles. The summed E-state index contributed by atoms with van der Waals surface area (Å²) in [4.78, 5) is 13.6. The van der Waals surface area contributed by atoms with Crippen molar-refractivity contribution in [2.24, 2.45) is 0 Å². The molecule has 2 heterocycles. The molecule has 0 atom stereocenters. The van der Waals surface area contributed by atoms with E-state index in [1.165, 1.54) is 0 Å². The van der Waals surface area contributed by atoms with Gasteiger partial charge in [0.25, 0.3) is 0 Å². The third-order valence-electron chi connectivity index (χ3n) is 1.94. The van der Waals surface area contributed by atoms with Gasteiger partial charge in [-0.1, -0.05) is 0 Å². The van der Waals surface area contributed by atoms with Gasteiger partial charge in [0.2, 0.25) is 0 Å². The summed E-state index contributed by atoms with van der Waals surface area (Å²) in [5, 5.41) is 0. The molecule has 0 aliphatic heterocycles. The van der Waals surface area contributed by atoms with Gasteiger partial charge in [-0.15, -0.1) is 0 Å². The standard InChI is InChI=1S/C9H10N2O2/c12-9-10-3-5-11(9)4-1-8-2-6-13-7-8/h2-3,5-7H,1,4H2,(H,10,12). The van der Waals surface area contributed by atoms with Gasteiger partial charge in [-0.3, -0.25) is 4.57 Å². The predicted octanol–water partition coefficient (Wildman–Crippen LogP) is 1.01. The largest absolute Gasteiger partial charge is 0.472 e. The highest BCUT2D eigenvalue weighted by molar-refractivity contribution is 5.05. The molecule has 1 N–H and O–H groups in total. The summed E-state index contributed by atoms with van der Waals surface area (Å²) in [6.45, 7) is 0.682. The van der Waals surface area contributed by atoms with Gasteiger partial charge < -0.3 is 9.40 Å². The van der Waals surface area contributed by atoms with E-state index in [9.17, 15) is 4.79 Å². The van der Waals surface area contributed by atoms with Crippen molar-refractivity contribution in [3.8, 4) is 0 Å². The molecule has 2 rings (SSSR count). The van der Waals surface area contributed by atoms with Crippen LogP contribution >= 0.6 is 0 Å². The minimum atomic E-state index is -0.0662. The Labute approximate surface area is 74.8 Å². The Morgan fingerprint density at radius 1 is 1.54 bits per heavy atom. The van der Waals surface area contributed by atoms with E-state index in [2.05, 4.69) is 4.98 Å². The van der Waals surface area contributed by atoms with Crippen LogP contribution in [-0.4, -0.2) is 9.55 Å². The number of nitrogens with zero attached hydrogens (tertiary/aromatic N) is 1. The maximum Gasteiger partial charge on any atom is 0.325 e. The van der Waals surface area contributed by atoms with Gasteiger partial charge in [0.1, 0.15) is 0 Å². The number of hydrogen-bond donors (Lipinski definition) is 1. The van der Waals surface area contributed by atoms with Gasteiger partial charge in [-0.05, 0) is 18.1 Å². The van der Waals surface area contributed by atoms with Crippen LogP contribution in [0.25, 0.3) is 0 Å². The molecule has 0 spiro atoms. The Morgan fingerprint density at radius 3 is 3.08 bits per heavy atom. The molecule has 0 radical (unpaired) electrons. The first-order valence-corrected chi connectivity index (χ1v) is 4.11. The van der Waals surface area contributed by atoms with Crippen molar-refractivity contribution >= 4 is 0 Å². The molecular formula is C9H10N2O2. The normalized spacial score (nSPS) is 10.5. The van der Waals surface area contributed by atoms with Crippen molar-refractivity contribution in [2.75, 3.05) is 0 Å². The summed E-state index contributed by atoms with van der Waals surface area (Å²) in [5.74, 6) is 0. The second-order valence-electron chi connectivity index (χ2n) is 2.84. The Kier molecular flexibility index (Phi) is 2.04. The summed E-state index contributed by atoms with van der Waals surface area (Å²) < 4.78 is 6.55. The molecule has 2 aromatic rings. The average molecular weight is 178 g/mol. The number of rotatable bonds is 3. The Bertz CT molecular complexity index is 411. The van der Waals surface area contributed by atoms with Crippen LogP contribution in [0.3, 0.4) is 0 Å². The quantitative estimate of drug-likeness (QED) is 0.762. The number of nitrogens with one attached hydrogen (secondary N) is 1. The first-order chi connectivity index (χ1) is 6.36. The molecule has 0 bridgehead atoms. The molecule has 0 saturated heterocycles. The molecule has 68 valence electrons.